The molecular formula is C47H95N2O6P. The van der Waals surface area contributed by atoms with Crippen molar-refractivity contribution in [1.82, 2.24) is 5.32 Å². The lowest BCUT2D eigenvalue weighted by molar-refractivity contribution is -0.870. The molecule has 1 unspecified atom stereocenters. The number of amides is 1. The Kier molecular flexibility index (Phi) is 39.1. The molecule has 0 rings (SSSR count). The van der Waals surface area contributed by atoms with Crippen molar-refractivity contribution in [3.05, 3.63) is 12.2 Å². The van der Waals surface area contributed by atoms with E-state index in [-0.39, 0.29) is 19.1 Å². The predicted octanol–water partition coefficient (Wildman–Crippen LogP) is 12.9. The Morgan fingerprint density at radius 1 is 0.607 bits per heavy atom. The van der Waals surface area contributed by atoms with Crippen molar-refractivity contribution in [1.29, 1.82) is 0 Å². The molecule has 0 aromatic carbocycles. The van der Waals surface area contributed by atoms with Gasteiger partial charge in [0.05, 0.1) is 39.9 Å². The van der Waals surface area contributed by atoms with Crippen LogP contribution in [-0.2, 0) is 18.4 Å². The third kappa shape index (κ3) is 41.4. The van der Waals surface area contributed by atoms with Gasteiger partial charge in [0, 0.05) is 6.42 Å². The number of phosphoric ester groups is 1. The molecule has 0 heterocycles. The Bertz CT molecular complexity index is 927. The van der Waals surface area contributed by atoms with E-state index < -0.39 is 20.0 Å². The van der Waals surface area contributed by atoms with Gasteiger partial charge in [0.25, 0.3) is 7.82 Å². The van der Waals surface area contributed by atoms with E-state index in [1.807, 2.05) is 27.2 Å². The molecule has 0 spiro atoms. The fourth-order valence-corrected chi connectivity index (χ4v) is 7.88. The molecule has 0 saturated heterocycles. The van der Waals surface area contributed by atoms with E-state index >= 15 is 0 Å². The molecule has 0 aliphatic rings. The number of allylic oxidation sites excluding steroid dienone is 1. The summed E-state index contributed by atoms with van der Waals surface area (Å²) in [7, 11) is 1.27. The highest BCUT2D eigenvalue weighted by Gasteiger charge is 2.23. The smallest absolute Gasteiger partial charge is 0.268 e. The summed E-state index contributed by atoms with van der Waals surface area (Å²) in [6.07, 6.45) is 45.4. The number of carbonyl (C=O) groups excluding carboxylic acids is 1. The Morgan fingerprint density at radius 2 is 0.964 bits per heavy atom. The maximum Gasteiger partial charge on any atom is 0.268 e. The molecule has 2 N–H and O–H groups in total. The lowest BCUT2D eigenvalue weighted by Crippen LogP contribution is -2.45. The predicted molar refractivity (Wildman–Crippen MR) is 238 cm³/mol. The van der Waals surface area contributed by atoms with Crippen molar-refractivity contribution >= 4 is 13.7 Å². The lowest BCUT2D eigenvalue weighted by Gasteiger charge is -2.29. The fourth-order valence-electron chi connectivity index (χ4n) is 7.15. The lowest BCUT2D eigenvalue weighted by atomic mass is 10.0. The fraction of sp³-hybridized carbons (Fsp3) is 0.936. The average Bonchev–Trinajstić information content (AvgIpc) is 3.15. The topological polar surface area (TPSA) is 108 Å². The van der Waals surface area contributed by atoms with Crippen molar-refractivity contribution in [3.63, 3.8) is 0 Å². The van der Waals surface area contributed by atoms with Crippen LogP contribution in [0.2, 0.25) is 0 Å². The van der Waals surface area contributed by atoms with Crippen LogP contribution in [0.3, 0.4) is 0 Å². The van der Waals surface area contributed by atoms with Crippen LogP contribution in [0, 0.1) is 0 Å². The molecule has 3 atom stereocenters. The minimum absolute atomic E-state index is 0.00218. The second-order valence-electron chi connectivity index (χ2n) is 17.8. The summed E-state index contributed by atoms with van der Waals surface area (Å²) in [5.41, 5.74) is 0. The Hall–Kier alpha value is -0.760. The molecular weight excluding hydrogens is 719 g/mol. The van der Waals surface area contributed by atoms with Gasteiger partial charge in [0.1, 0.15) is 13.2 Å². The van der Waals surface area contributed by atoms with Crippen molar-refractivity contribution in [3.8, 4) is 0 Å². The maximum absolute atomic E-state index is 12.9. The van der Waals surface area contributed by atoms with E-state index in [4.69, 9.17) is 9.05 Å². The second-order valence-corrected chi connectivity index (χ2v) is 19.2. The molecule has 0 fully saturated rings. The number of aliphatic hydroxyl groups is 1. The number of likely N-dealkylation sites (N-methyl/N-ethyl adjacent to an activating group) is 1. The number of hydrogen-bond acceptors (Lipinski definition) is 6. The van der Waals surface area contributed by atoms with Crippen molar-refractivity contribution in [2.24, 2.45) is 0 Å². The summed E-state index contributed by atoms with van der Waals surface area (Å²) in [4.78, 5) is 25.3. The summed E-state index contributed by atoms with van der Waals surface area (Å²) in [6, 6.07) is -0.879. The first kappa shape index (κ1) is 55.2. The summed E-state index contributed by atoms with van der Waals surface area (Å²) >= 11 is 0. The minimum atomic E-state index is -4.58. The largest absolute Gasteiger partial charge is 0.756 e. The third-order valence-corrected chi connectivity index (χ3v) is 12.0. The van der Waals surface area contributed by atoms with Gasteiger partial charge in [-0.2, -0.15) is 0 Å². The first-order valence-corrected chi connectivity index (χ1v) is 25.5. The number of unbranched alkanes of at least 4 members (excludes halogenated alkanes) is 31. The van der Waals surface area contributed by atoms with Crippen LogP contribution in [0.25, 0.3) is 0 Å². The molecule has 0 bridgehead atoms. The first-order chi connectivity index (χ1) is 27.0. The Balaban J connectivity index is 4.26. The van der Waals surface area contributed by atoms with Crippen LogP contribution in [-0.4, -0.2) is 68.5 Å². The van der Waals surface area contributed by atoms with Gasteiger partial charge in [0.2, 0.25) is 5.91 Å². The van der Waals surface area contributed by atoms with E-state index in [2.05, 4.69) is 19.2 Å². The molecule has 0 saturated carbocycles. The molecule has 0 aromatic heterocycles. The van der Waals surface area contributed by atoms with Gasteiger partial charge in [-0.3, -0.25) is 9.36 Å². The van der Waals surface area contributed by atoms with Crippen molar-refractivity contribution < 1.29 is 32.9 Å². The zero-order chi connectivity index (χ0) is 41.4. The summed E-state index contributed by atoms with van der Waals surface area (Å²) in [6.45, 7) is 4.66. The van der Waals surface area contributed by atoms with Crippen LogP contribution >= 0.6 is 7.82 Å². The van der Waals surface area contributed by atoms with Gasteiger partial charge in [0.15, 0.2) is 0 Å². The number of carbonyl (C=O) groups is 1. The number of phosphoric acid groups is 1. The van der Waals surface area contributed by atoms with E-state index in [9.17, 15) is 19.4 Å². The number of quaternary nitrogens is 1. The van der Waals surface area contributed by atoms with Gasteiger partial charge >= 0.3 is 0 Å². The highest BCUT2D eigenvalue weighted by atomic mass is 31.2. The number of rotatable bonds is 44. The Morgan fingerprint density at radius 3 is 1.34 bits per heavy atom. The van der Waals surface area contributed by atoms with Gasteiger partial charge in [-0.25, -0.2) is 0 Å². The zero-order valence-electron chi connectivity index (χ0n) is 37.9. The SMILES string of the molecule is CCCCCCCCCCCCC/C=C/[C@H](O)[C@@H](COP(=O)([O-])OCC[N+](C)(C)C)NC(=O)CCCCCCCCCCCCCCCCCCCCCCC. The van der Waals surface area contributed by atoms with E-state index in [0.29, 0.717) is 17.4 Å². The van der Waals surface area contributed by atoms with Gasteiger partial charge in [-0.1, -0.05) is 219 Å². The number of hydrogen-bond donors (Lipinski definition) is 2. The summed E-state index contributed by atoms with van der Waals surface area (Å²) < 4.78 is 23.2. The van der Waals surface area contributed by atoms with Crippen LogP contribution < -0.4 is 10.2 Å². The standard InChI is InChI=1S/C47H95N2O6P/c1-6-8-10-12-14-16-18-20-21-22-23-24-25-26-27-29-31-33-35-37-39-41-47(51)48-45(44-55-56(52,53)54-43-42-49(3,4)5)46(50)40-38-36-34-32-30-28-19-17-15-13-11-9-7-2/h38,40,45-46,50H,6-37,39,41-44H2,1-5H3,(H-,48,51,52,53)/b40-38+/t45-,46+/m1/s1. The molecule has 9 heteroatoms. The monoisotopic (exact) mass is 815 g/mol. The van der Waals surface area contributed by atoms with Gasteiger partial charge in [-0.05, 0) is 19.3 Å². The molecule has 56 heavy (non-hydrogen) atoms. The van der Waals surface area contributed by atoms with Crippen LogP contribution in [0.1, 0.15) is 232 Å². The molecule has 0 radical (unpaired) electrons. The summed E-state index contributed by atoms with van der Waals surface area (Å²) in [5.74, 6) is -0.194. The quantitative estimate of drug-likeness (QED) is 0.0274. The van der Waals surface area contributed by atoms with Crippen molar-refractivity contribution in [2.45, 2.75) is 244 Å². The third-order valence-electron chi connectivity index (χ3n) is 11.0. The highest BCUT2D eigenvalue weighted by molar-refractivity contribution is 7.45. The minimum Gasteiger partial charge on any atom is -0.756 e. The number of nitrogens with zero attached hydrogens (tertiary/aromatic N) is 1. The van der Waals surface area contributed by atoms with Gasteiger partial charge in [-0.15, -0.1) is 0 Å². The molecule has 0 aromatic rings. The normalized spacial score (nSPS) is 14.3. The average molecular weight is 815 g/mol. The second kappa shape index (κ2) is 39.7. The van der Waals surface area contributed by atoms with Crippen LogP contribution in [0.15, 0.2) is 12.2 Å². The number of nitrogens with one attached hydrogen (secondary N) is 1. The van der Waals surface area contributed by atoms with Crippen LogP contribution in [0.4, 0.5) is 0 Å². The summed E-state index contributed by atoms with van der Waals surface area (Å²) in [5, 5.41) is 13.8. The molecule has 8 nitrogen and oxygen atoms in total. The van der Waals surface area contributed by atoms with E-state index in [1.54, 1.807) is 6.08 Å². The van der Waals surface area contributed by atoms with E-state index in [0.717, 1.165) is 38.5 Å². The van der Waals surface area contributed by atoms with Gasteiger partial charge < -0.3 is 28.8 Å². The maximum atomic E-state index is 12.9. The molecule has 0 aliphatic heterocycles. The molecule has 334 valence electrons. The van der Waals surface area contributed by atoms with Crippen LogP contribution in [0.5, 0.6) is 0 Å². The molecule has 1 amide bonds. The van der Waals surface area contributed by atoms with Crippen molar-refractivity contribution in [2.75, 3.05) is 40.9 Å². The first-order valence-electron chi connectivity index (χ1n) is 24.1. The van der Waals surface area contributed by atoms with E-state index in [1.165, 1.54) is 173 Å². The Labute approximate surface area is 348 Å². The highest BCUT2D eigenvalue weighted by Crippen LogP contribution is 2.38. The zero-order valence-corrected chi connectivity index (χ0v) is 38.7. The number of aliphatic hydroxyl groups excluding tert-OH is 1. The molecule has 0 aliphatic carbocycles.